The van der Waals surface area contributed by atoms with Gasteiger partial charge in [-0.05, 0) is 25.4 Å². The Morgan fingerprint density at radius 1 is 1.56 bits per heavy atom. The van der Waals surface area contributed by atoms with Crippen LogP contribution >= 0.6 is 11.3 Å². The van der Waals surface area contributed by atoms with Gasteiger partial charge in [-0.2, -0.15) is 0 Å². The van der Waals surface area contributed by atoms with Gasteiger partial charge in [-0.1, -0.05) is 6.07 Å². The smallest absolute Gasteiger partial charge is 0.122 e. The van der Waals surface area contributed by atoms with E-state index in [-0.39, 0.29) is 12.1 Å². The van der Waals surface area contributed by atoms with E-state index in [4.69, 9.17) is 5.73 Å². The Hall–Kier alpha value is -1.17. The first kappa shape index (κ1) is 13.3. The first-order valence-corrected chi connectivity index (χ1v) is 6.93. The first-order chi connectivity index (χ1) is 8.59. The first-order valence-electron chi connectivity index (χ1n) is 6.05. The van der Waals surface area contributed by atoms with Gasteiger partial charge < -0.3 is 10.3 Å². The van der Waals surface area contributed by atoms with E-state index in [0.717, 1.165) is 12.4 Å². The molecule has 4 nitrogen and oxygen atoms in total. The number of aromatic nitrogens is 2. The van der Waals surface area contributed by atoms with Crippen LogP contribution in [0.15, 0.2) is 29.9 Å². The van der Waals surface area contributed by atoms with E-state index in [9.17, 15) is 0 Å². The minimum absolute atomic E-state index is 0.0916. The highest BCUT2D eigenvalue weighted by Crippen LogP contribution is 2.27. The third-order valence-corrected chi connectivity index (χ3v) is 4.06. The van der Waals surface area contributed by atoms with Crippen molar-refractivity contribution in [3.8, 4) is 0 Å². The summed E-state index contributed by atoms with van der Waals surface area (Å²) in [5.74, 6) is 1.06. The lowest BCUT2D eigenvalue weighted by molar-refractivity contribution is 0.207. The molecule has 2 heterocycles. The van der Waals surface area contributed by atoms with Crippen LogP contribution in [0.2, 0.25) is 0 Å². The SMILES string of the molecule is CC(N)C(c1cccs1)N(C)Cc1nccn1C. The third-order valence-electron chi connectivity index (χ3n) is 3.12. The summed E-state index contributed by atoms with van der Waals surface area (Å²) in [6.45, 7) is 2.85. The lowest BCUT2D eigenvalue weighted by atomic mass is 10.1. The standard InChI is InChI=1S/C13H20N4S/c1-10(14)13(11-5-4-8-18-11)17(3)9-12-15-6-7-16(12)2/h4-8,10,13H,9,14H2,1-3H3. The number of imidazole rings is 1. The van der Waals surface area contributed by atoms with Crippen molar-refractivity contribution < 1.29 is 0 Å². The van der Waals surface area contributed by atoms with Gasteiger partial charge in [-0.15, -0.1) is 11.3 Å². The molecule has 0 saturated heterocycles. The molecule has 0 aliphatic carbocycles. The van der Waals surface area contributed by atoms with Gasteiger partial charge in [0.15, 0.2) is 0 Å². The number of hydrogen-bond acceptors (Lipinski definition) is 4. The zero-order chi connectivity index (χ0) is 13.1. The largest absolute Gasteiger partial charge is 0.337 e. The fourth-order valence-corrected chi connectivity index (χ4v) is 3.21. The van der Waals surface area contributed by atoms with Crippen LogP contribution in [0.25, 0.3) is 0 Å². The van der Waals surface area contributed by atoms with E-state index in [0.29, 0.717) is 0 Å². The monoisotopic (exact) mass is 264 g/mol. The second-order valence-electron chi connectivity index (χ2n) is 4.69. The number of nitrogens with two attached hydrogens (primary N) is 1. The predicted octanol–water partition coefficient (Wildman–Crippen LogP) is 2.00. The maximum Gasteiger partial charge on any atom is 0.122 e. The number of rotatable bonds is 5. The summed E-state index contributed by atoms with van der Waals surface area (Å²) in [4.78, 5) is 7.93. The molecule has 0 aliphatic rings. The molecule has 2 aromatic rings. The third kappa shape index (κ3) is 2.80. The lowest BCUT2D eigenvalue weighted by Crippen LogP contribution is -2.36. The number of nitrogens with zero attached hydrogens (tertiary/aromatic N) is 3. The van der Waals surface area contributed by atoms with Gasteiger partial charge in [0.1, 0.15) is 5.82 Å². The lowest BCUT2D eigenvalue weighted by Gasteiger charge is -2.30. The molecule has 0 radical (unpaired) electrons. The fraction of sp³-hybridized carbons (Fsp3) is 0.462. The van der Waals surface area contributed by atoms with Gasteiger partial charge >= 0.3 is 0 Å². The van der Waals surface area contributed by atoms with E-state index in [1.807, 2.05) is 24.0 Å². The predicted molar refractivity (Wildman–Crippen MR) is 75.4 cm³/mol. The molecule has 2 aromatic heterocycles. The highest BCUT2D eigenvalue weighted by atomic mass is 32.1. The minimum atomic E-state index is 0.0916. The Morgan fingerprint density at radius 2 is 2.33 bits per heavy atom. The topological polar surface area (TPSA) is 47.1 Å². The van der Waals surface area contributed by atoms with Gasteiger partial charge in [0.05, 0.1) is 12.6 Å². The van der Waals surface area contributed by atoms with Crippen molar-refractivity contribution in [1.29, 1.82) is 0 Å². The number of likely N-dealkylation sites (N-methyl/N-ethyl adjacent to an activating group) is 1. The average molecular weight is 264 g/mol. The van der Waals surface area contributed by atoms with Crippen LogP contribution in [-0.2, 0) is 13.6 Å². The summed E-state index contributed by atoms with van der Waals surface area (Å²) in [6, 6.07) is 4.55. The summed E-state index contributed by atoms with van der Waals surface area (Å²) >= 11 is 1.76. The molecule has 0 aromatic carbocycles. The van der Waals surface area contributed by atoms with E-state index >= 15 is 0 Å². The Labute approximate surface area is 112 Å². The molecule has 0 saturated carbocycles. The fourth-order valence-electron chi connectivity index (χ4n) is 2.21. The molecule has 98 valence electrons. The molecular weight excluding hydrogens is 244 g/mol. The van der Waals surface area contributed by atoms with Crippen molar-refractivity contribution in [3.05, 3.63) is 40.6 Å². The van der Waals surface area contributed by atoms with E-state index in [1.54, 1.807) is 11.3 Å². The van der Waals surface area contributed by atoms with Gasteiger partial charge in [0, 0.05) is 30.4 Å². The van der Waals surface area contributed by atoms with Crippen LogP contribution in [0.3, 0.4) is 0 Å². The highest BCUT2D eigenvalue weighted by molar-refractivity contribution is 7.10. The Balaban J connectivity index is 2.14. The Morgan fingerprint density at radius 3 is 2.83 bits per heavy atom. The van der Waals surface area contributed by atoms with E-state index in [1.165, 1.54) is 4.88 Å². The van der Waals surface area contributed by atoms with Gasteiger partial charge in [-0.25, -0.2) is 4.98 Å². The number of thiophene rings is 1. The molecule has 2 N–H and O–H groups in total. The molecule has 0 fully saturated rings. The molecular formula is C13H20N4S. The van der Waals surface area contributed by atoms with Crippen LogP contribution in [0.5, 0.6) is 0 Å². The molecule has 5 heteroatoms. The Kier molecular flexibility index (Phi) is 4.16. The summed E-state index contributed by atoms with van der Waals surface area (Å²) in [5, 5.41) is 2.10. The van der Waals surface area contributed by atoms with Crippen molar-refractivity contribution in [2.45, 2.75) is 25.6 Å². The normalized spacial score (nSPS) is 14.9. The van der Waals surface area contributed by atoms with Crippen molar-refractivity contribution in [3.63, 3.8) is 0 Å². The second kappa shape index (κ2) is 5.65. The maximum atomic E-state index is 6.13. The summed E-state index contributed by atoms with van der Waals surface area (Å²) in [5.41, 5.74) is 6.13. The van der Waals surface area contributed by atoms with Crippen molar-refractivity contribution in [1.82, 2.24) is 14.5 Å². The van der Waals surface area contributed by atoms with Crippen LogP contribution in [0.4, 0.5) is 0 Å². The molecule has 2 unspecified atom stereocenters. The summed E-state index contributed by atoms with van der Waals surface area (Å²) in [6.07, 6.45) is 3.80. The van der Waals surface area contributed by atoms with Gasteiger partial charge in [-0.3, -0.25) is 4.90 Å². The van der Waals surface area contributed by atoms with Crippen molar-refractivity contribution >= 4 is 11.3 Å². The minimum Gasteiger partial charge on any atom is -0.337 e. The molecule has 2 atom stereocenters. The number of aryl methyl sites for hydroxylation is 1. The highest BCUT2D eigenvalue weighted by Gasteiger charge is 2.22. The average Bonchev–Trinajstić information content (AvgIpc) is 2.92. The second-order valence-corrected chi connectivity index (χ2v) is 5.67. The maximum absolute atomic E-state index is 6.13. The Bertz CT molecular complexity index is 475. The van der Waals surface area contributed by atoms with E-state index < -0.39 is 0 Å². The molecule has 18 heavy (non-hydrogen) atoms. The van der Waals surface area contributed by atoms with Crippen LogP contribution < -0.4 is 5.73 Å². The van der Waals surface area contributed by atoms with Crippen molar-refractivity contribution in [2.75, 3.05) is 7.05 Å². The van der Waals surface area contributed by atoms with Gasteiger partial charge in [0.25, 0.3) is 0 Å². The zero-order valence-electron chi connectivity index (χ0n) is 11.1. The van der Waals surface area contributed by atoms with Crippen LogP contribution in [0.1, 0.15) is 23.7 Å². The molecule has 2 rings (SSSR count). The van der Waals surface area contributed by atoms with Crippen molar-refractivity contribution in [2.24, 2.45) is 12.8 Å². The van der Waals surface area contributed by atoms with Crippen LogP contribution in [-0.4, -0.2) is 27.5 Å². The van der Waals surface area contributed by atoms with E-state index in [2.05, 4.69) is 41.4 Å². The van der Waals surface area contributed by atoms with Crippen LogP contribution in [0, 0.1) is 0 Å². The summed E-state index contributed by atoms with van der Waals surface area (Å²) in [7, 11) is 4.12. The molecule has 0 aliphatic heterocycles. The number of hydrogen-bond donors (Lipinski definition) is 1. The molecule has 0 amide bonds. The molecule has 0 bridgehead atoms. The summed E-state index contributed by atoms with van der Waals surface area (Å²) < 4.78 is 2.04. The molecule has 0 spiro atoms. The zero-order valence-corrected chi connectivity index (χ0v) is 11.9. The quantitative estimate of drug-likeness (QED) is 0.898. The van der Waals surface area contributed by atoms with Gasteiger partial charge in [0.2, 0.25) is 0 Å².